The number of nitrogens with one attached hydrogen (secondary N) is 1. The zero-order valence-electron chi connectivity index (χ0n) is 8.43. The van der Waals surface area contributed by atoms with Crippen molar-refractivity contribution in [3.05, 3.63) is 29.8 Å². The molecule has 0 saturated heterocycles. The van der Waals surface area contributed by atoms with Crippen molar-refractivity contribution >= 4 is 12.2 Å². The summed E-state index contributed by atoms with van der Waals surface area (Å²) in [5.41, 5.74) is 7.79. The van der Waals surface area contributed by atoms with Crippen molar-refractivity contribution in [1.29, 1.82) is 0 Å². The molecule has 80 valence electrons. The van der Waals surface area contributed by atoms with E-state index >= 15 is 0 Å². The highest BCUT2D eigenvalue weighted by Gasteiger charge is 1.93. The van der Waals surface area contributed by atoms with Crippen molar-refractivity contribution in [3.63, 3.8) is 0 Å². The average molecular weight is 207 g/mol. The SMILES string of the molecule is CCOc1cccc(/C=N/NC(N)=O)c1. The Balaban J connectivity index is 2.64. The van der Waals surface area contributed by atoms with Crippen LogP contribution in [0.1, 0.15) is 12.5 Å². The molecule has 0 fully saturated rings. The van der Waals surface area contributed by atoms with E-state index in [0.29, 0.717) is 6.61 Å². The third-order valence-corrected chi connectivity index (χ3v) is 1.56. The molecular formula is C10H13N3O2. The lowest BCUT2D eigenvalue weighted by molar-refractivity contribution is 0.249. The summed E-state index contributed by atoms with van der Waals surface area (Å²) < 4.78 is 5.30. The first-order chi connectivity index (χ1) is 7.22. The largest absolute Gasteiger partial charge is 0.494 e. The van der Waals surface area contributed by atoms with Gasteiger partial charge < -0.3 is 10.5 Å². The minimum Gasteiger partial charge on any atom is -0.494 e. The average Bonchev–Trinajstić information content (AvgIpc) is 2.18. The van der Waals surface area contributed by atoms with E-state index in [0.717, 1.165) is 11.3 Å². The third kappa shape index (κ3) is 4.12. The maximum absolute atomic E-state index is 10.3. The summed E-state index contributed by atoms with van der Waals surface area (Å²) in [7, 11) is 0. The number of rotatable bonds is 4. The Morgan fingerprint density at radius 2 is 2.47 bits per heavy atom. The normalized spacial score (nSPS) is 10.2. The van der Waals surface area contributed by atoms with Crippen LogP contribution >= 0.6 is 0 Å². The minimum atomic E-state index is -0.688. The van der Waals surface area contributed by atoms with Gasteiger partial charge in [0.15, 0.2) is 0 Å². The fourth-order valence-electron chi connectivity index (χ4n) is 1.02. The van der Waals surface area contributed by atoms with Crippen molar-refractivity contribution < 1.29 is 9.53 Å². The smallest absolute Gasteiger partial charge is 0.332 e. The lowest BCUT2D eigenvalue weighted by Crippen LogP contribution is -2.24. The summed E-state index contributed by atoms with van der Waals surface area (Å²) in [5.74, 6) is 0.764. The van der Waals surface area contributed by atoms with Gasteiger partial charge in [-0.1, -0.05) is 12.1 Å². The van der Waals surface area contributed by atoms with Crippen LogP contribution in [0.25, 0.3) is 0 Å². The molecular weight excluding hydrogens is 194 g/mol. The van der Waals surface area contributed by atoms with E-state index in [1.54, 1.807) is 0 Å². The number of hydrogen-bond donors (Lipinski definition) is 2. The lowest BCUT2D eigenvalue weighted by atomic mass is 10.2. The van der Waals surface area contributed by atoms with Gasteiger partial charge in [0.05, 0.1) is 12.8 Å². The van der Waals surface area contributed by atoms with Gasteiger partial charge in [-0.15, -0.1) is 0 Å². The molecule has 0 spiro atoms. The fourth-order valence-corrected chi connectivity index (χ4v) is 1.02. The molecule has 1 aromatic rings. The van der Waals surface area contributed by atoms with E-state index in [2.05, 4.69) is 10.5 Å². The zero-order chi connectivity index (χ0) is 11.1. The highest BCUT2D eigenvalue weighted by atomic mass is 16.5. The molecule has 3 N–H and O–H groups in total. The van der Waals surface area contributed by atoms with E-state index in [4.69, 9.17) is 10.5 Å². The highest BCUT2D eigenvalue weighted by molar-refractivity contribution is 5.81. The maximum Gasteiger partial charge on any atom is 0.332 e. The Morgan fingerprint density at radius 3 is 3.13 bits per heavy atom. The quantitative estimate of drug-likeness (QED) is 0.572. The Bertz CT molecular complexity index is 363. The van der Waals surface area contributed by atoms with E-state index in [9.17, 15) is 4.79 Å². The van der Waals surface area contributed by atoms with E-state index < -0.39 is 6.03 Å². The number of hydrazone groups is 1. The van der Waals surface area contributed by atoms with Crippen LogP contribution in [-0.4, -0.2) is 18.9 Å². The van der Waals surface area contributed by atoms with Gasteiger partial charge in [0, 0.05) is 0 Å². The topological polar surface area (TPSA) is 76.7 Å². The number of urea groups is 1. The molecule has 5 nitrogen and oxygen atoms in total. The van der Waals surface area contributed by atoms with E-state index in [1.807, 2.05) is 31.2 Å². The van der Waals surface area contributed by atoms with Crippen LogP contribution in [-0.2, 0) is 0 Å². The first kappa shape index (κ1) is 11.0. The molecule has 0 aliphatic rings. The highest BCUT2D eigenvalue weighted by Crippen LogP contribution is 2.11. The minimum absolute atomic E-state index is 0.611. The Morgan fingerprint density at radius 1 is 1.67 bits per heavy atom. The van der Waals surface area contributed by atoms with Crippen LogP contribution < -0.4 is 15.9 Å². The molecule has 0 heterocycles. The number of nitrogens with two attached hydrogens (primary N) is 1. The molecule has 2 amide bonds. The molecule has 0 aliphatic heterocycles. The Kier molecular flexibility index (Phi) is 4.15. The molecule has 1 rings (SSSR count). The molecule has 5 heteroatoms. The van der Waals surface area contributed by atoms with Crippen LogP contribution in [0, 0.1) is 0 Å². The number of hydrogen-bond acceptors (Lipinski definition) is 3. The van der Waals surface area contributed by atoms with Gasteiger partial charge >= 0.3 is 6.03 Å². The van der Waals surface area contributed by atoms with Gasteiger partial charge in [0.1, 0.15) is 5.75 Å². The van der Waals surface area contributed by atoms with Crippen molar-refractivity contribution in [1.82, 2.24) is 5.43 Å². The van der Waals surface area contributed by atoms with Crippen LogP contribution in [0.4, 0.5) is 4.79 Å². The van der Waals surface area contributed by atoms with Gasteiger partial charge in [-0.2, -0.15) is 5.10 Å². The summed E-state index contributed by atoms with van der Waals surface area (Å²) in [6, 6.07) is 6.66. The zero-order valence-corrected chi connectivity index (χ0v) is 8.43. The first-order valence-corrected chi connectivity index (χ1v) is 4.53. The molecule has 0 aromatic heterocycles. The Hall–Kier alpha value is -2.04. The molecule has 0 bridgehead atoms. The second-order valence-electron chi connectivity index (χ2n) is 2.74. The molecule has 0 atom stereocenters. The second-order valence-corrected chi connectivity index (χ2v) is 2.74. The maximum atomic E-state index is 10.3. The number of carbonyl (C=O) groups is 1. The van der Waals surface area contributed by atoms with E-state index in [-0.39, 0.29) is 0 Å². The number of primary amides is 1. The van der Waals surface area contributed by atoms with Crippen molar-refractivity contribution in [2.24, 2.45) is 10.8 Å². The third-order valence-electron chi connectivity index (χ3n) is 1.56. The van der Waals surface area contributed by atoms with Gasteiger partial charge in [-0.05, 0) is 24.6 Å². The summed E-state index contributed by atoms with van der Waals surface area (Å²) in [4.78, 5) is 10.3. The standard InChI is InChI=1S/C10H13N3O2/c1-2-15-9-5-3-4-8(6-9)7-12-13-10(11)14/h3-7H,2H2,1H3,(H3,11,13,14)/b12-7+. The predicted octanol–water partition coefficient (Wildman–Crippen LogP) is 1.09. The number of ether oxygens (including phenoxy) is 1. The molecule has 0 unspecified atom stereocenters. The molecule has 0 radical (unpaired) electrons. The van der Waals surface area contributed by atoms with Gasteiger partial charge in [0.2, 0.25) is 0 Å². The number of carbonyl (C=O) groups excluding carboxylic acids is 1. The van der Waals surface area contributed by atoms with Crippen LogP contribution in [0.2, 0.25) is 0 Å². The summed E-state index contributed by atoms with van der Waals surface area (Å²) >= 11 is 0. The van der Waals surface area contributed by atoms with Gasteiger partial charge in [-0.3, -0.25) is 0 Å². The first-order valence-electron chi connectivity index (χ1n) is 4.53. The molecule has 15 heavy (non-hydrogen) atoms. The summed E-state index contributed by atoms with van der Waals surface area (Å²) in [6.45, 7) is 2.52. The van der Waals surface area contributed by atoms with Gasteiger partial charge in [0.25, 0.3) is 0 Å². The molecule has 0 saturated carbocycles. The van der Waals surface area contributed by atoms with Crippen molar-refractivity contribution in [3.8, 4) is 5.75 Å². The van der Waals surface area contributed by atoms with Gasteiger partial charge in [-0.25, -0.2) is 10.2 Å². The summed E-state index contributed by atoms with van der Waals surface area (Å²) in [5, 5.41) is 3.64. The van der Waals surface area contributed by atoms with E-state index in [1.165, 1.54) is 6.21 Å². The number of benzene rings is 1. The number of amides is 2. The molecule has 0 aliphatic carbocycles. The Labute approximate surface area is 87.9 Å². The predicted molar refractivity (Wildman–Crippen MR) is 57.9 cm³/mol. The second kappa shape index (κ2) is 5.64. The number of nitrogens with zero attached hydrogens (tertiary/aromatic N) is 1. The monoisotopic (exact) mass is 207 g/mol. The fraction of sp³-hybridized carbons (Fsp3) is 0.200. The van der Waals surface area contributed by atoms with Crippen molar-refractivity contribution in [2.75, 3.05) is 6.61 Å². The lowest BCUT2D eigenvalue weighted by Gasteiger charge is -2.02. The summed E-state index contributed by atoms with van der Waals surface area (Å²) in [6.07, 6.45) is 1.49. The van der Waals surface area contributed by atoms with Crippen molar-refractivity contribution in [2.45, 2.75) is 6.92 Å². The van der Waals surface area contributed by atoms with Crippen LogP contribution in [0.5, 0.6) is 5.75 Å². The van der Waals surface area contributed by atoms with Crippen LogP contribution in [0.15, 0.2) is 29.4 Å². The molecule has 1 aromatic carbocycles. The van der Waals surface area contributed by atoms with Crippen LogP contribution in [0.3, 0.4) is 0 Å².